The standard InChI is InChI=1S/C45H27N3OS/c1-3-9-28(10-4-1)30-15-17-31(18-16-30)43-46-44(48-45(47-43)34-20-23-37-36-13-7-8-14-41(36)50-42(37)27-34)33-19-22-35-38-25-32(29-11-5-2-6-12-29)21-24-39(38)49-40(35)26-33/h1-27H. The lowest BCUT2D eigenvalue weighted by atomic mass is 10.0. The van der Waals surface area contributed by atoms with Crippen molar-refractivity contribution < 1.29 is 4.42 Å². The molecule has 0 fully saturated rings. The van der Waals surface area contributed by atoms with Crippen LogP contribution in [0.2, 0.25) is 0 Å². The highest BCUT2D eigenvalue weighted by Crippen LogP contribution is 2.38. The Morgan fingerprint density at radius 3 is 1.58 bits per heavy atom. The molecule has 5 heteroatoms. The van der Waals surface area contributed by atoms with Crippen LogP contribution in [-0.4, -0.2) is 15.0 Å². The molecular weight excluding hydrogens is 631 g/mol. The van der Waals surface area contributed by atoms with Crippen LogP contribution >= 0.6 is 11.3 Å². The molecule has 0 radical (unpaired) electrons. The molecule has 0 unspecified atom stereocenters. The van der Waals surface area contributed by atoms with Crippen LogP contribution in [0.4, 0.5) is 0 Å². The molecule has 0 bridgehead atoms. The van der Waals surface area contributed by atoms with Gasteiger partial charge in [0.05, 0.1) is 0 Å². The maximum absolute atomic E-state index is 6.40. The second-order valence-electron chi connectivity index (χ2n) is 12.4. The Morgan fingerprint density at radius 1 is 0.320 bits per heavy atom. The molecule has 0 amide bonds. The minimum Gasteiger partial charge on any atom is -0.456 e. The topological polar surface area (TPSA) is 51.8 Å². The summed E-state index contributed by atoms with van der Waals surface area (Å²) in [5.74, 6) is 1.85. The van der Waals surface area contributed by atoms with E-state index in [1.807, 2.05) is 18.2 Å². The van der Waals surface area contributed by atoms with Gasteiger partial charge in [-0.15, -0.1) is 11.3 Å². The van der Waals surface area contributed by atoms with E-state index in [1.165, 1.54) is 31.3 Å². The van der Waals surface area contributed by atoms with E-state index in [0.717, 1.165) is 49.8 Å². The van der Waals surface area contributed by atoms with Crippen molar-refractivity contribution >= 4 is 53.4 Å². The molecule has 10 rings (SSSR count). The van der Waals surface area contributed by atoms with Crippen molar-refractivity contribution in [3.8, 4) is 56.4 Å². The summed E-state index contributed by atoms with van der Waals surface area (Å²) < 4.78 is 8.87. The molecule has 0 aliphatic heterocycles. The van der Waals surface area contributed by atoms with E-state index in [9.17, 15) is 0 Å². The fraction of sp³-hybridized carbons (Fsp3) is 0. The molecule has 0 aliphatic rings. The summed E-state index contributed by atoms with van der Waals surface area (Å²) in [6.07, 6.45) is 0. The second kappa shape index (κ2) is 11.6. The minimum atomic E-state index is 0.598. The summed E-state index contributed by atoms with van der Waals surface area (Å²) in [5, 5.41) is 4.65. The number of aromatic nitrogens is 3. The van der Waals surface area contributed by atoms with Gasteiger partial charge in [-0.25, -0.2) is 15.0 Å². The van der Waals surface area contributed by atoms with Crippen molar-refractivity contribution in [1.82, 2.24) is 15.0 Å². The molecule has 234 valence electrons. The monoisotopic (exact) mass is 657 g/mol. The zero-order valence-electron chi connectivity index (χ0n) is 26.7. The highest BCUT2D eigenvalue weighted by Gasteiger charge is 2.16. The Morgan fingerprint density at radius 2 is 0.840 bits per heavy atom. The maximum atomic E-state index is 6.40. The molecule has 4 nitrogen and oxygen atoms in total. The van der Waals surface area contributed by atoms with E-state index >= 15 is 0 Å². The lowest BCUT2D eigenvalue weighted by Gasteiger charge is -2.09. The van der Waals surface area contributed by atoms with Crippen LogP contribution in [-0.2, 0) is 0 Å². The summed E-state index contributed by atoms with van der Waals surface area (Å²) >= 11 is 1.79. The van der Waals surface area contributed by atoms with Crippen molar-refractivity contribution in [2.75, 3.05) is 0 Å². The predicted octanol–water partition coefficient (Wildman–Crippen LogP) is 12.5. The first kappa shape index (κ1) is 28.6. The number of furan rings is 1. The quantitative estimate of drug-likeness (QED) is 0.185. The summed E-state index contributed by atoms with van der Waals surface area (Å²) in [6.45, 7) is 0. The van der Waals surface area contributed by atoms with Gasteiger partial charge in [-0.1, -0.05) is 127 Å². The molecule has 0 spiro atoms. The minimum absolute atomic E-state index is 0.598. The molecule has 10 aromatic rings. The van der Waals surface area contributed by atoms with Gasteiger partial charge in [0.25, 0.3) is 0 Å². The van der Waals surface area contributed by atoms with Crippen LogP contribution < -0.4 is 0 Å². The van der Waals surface area contributed by atoms with Gasteiger partial charge in [0.1, 0.15) is 11.2 Å². The number of nitrogens with zero attached hydrogens (tertiary/aromatic N) is 3. The zero-order valence-corrected chi connectivity index (χ0v) is 27.6. The fourth-order valence-corrected chi connectivity index (χ4v) is 7.94. The normalized spacial score (nSPS) is 11.6. The number of fused-ring (bicyclic) bond motifs is 6. The van der Waals surface area contributed by atoms with Gasteiger partial charge >= 0.3 is 0 Å². The van der Waals surface area contributed by atoms with Gasteiger partial charge < -0.3 is 4.42 Å². The van der Waals surface area contributed by atoms with Gasteiger partial charge in [0, 0.05) is 47.6 Å². The third-order valence-corrected chi connectivity index (χ3v) is 10.5. The lowest BCUT2D eigenvalue weighted by molar-refractivity contribution is 0.669. The first-order chi connectivity index (χ1) is 24.7. The van der Waals surface area contributed by atoms with Gasteiger partial charge in [0.2, 0.25) is 0 Å². The Bertz CT molecular complexity index is 2860. The number of thiophene rings is 1. The summed E-state index contributed by atoms with van der Waals surface area (Å²) in [6, 6.07) is 56.9. The van der Waals surface area contributed by atoms with Gasteiger partial charge in [-0.2, -0.15) is 0 Å². The molecule has 0 N–H and O–H groups in total. The molecular formula is C45H27N3OS. The number of benzene rings is 7. The molecule has 0 atom stereocenters. The average molecular weight is 658 g/mol. The molecule has 0 saturated carbocycles. The van der Waals surface area contributed by atoms with Crippen LogP contribution in [0.1, 0.15) is 0 Å². The van der Waals surface area contributed by atoms with Crippen molar-refractivity contribution in [2.45, 2.75) is 0 Å². The average Bonchev–Trinajstić information content (AvgIpc) is 3.75. The van der Waals surface area contributed by atoms with E-state index in [4.69, 9.17) is 19.4 Å². The van der Waals surface area contributed by atoms with Crippen molar-refractivity contribution in [3.63, 3.8) is 0 Å². The Balaban J connectivity index is 1.11. The number of hydrogen-bond acceptors (Lipinski definition) is 5. The van der Waals surface area contributed by atoms with Crippen molar-refractivity contribution in [1.29, 1.82) is 0 Å². The van der Waals surface area contributed by atoms with Crippen LogP contribution in [0.15, 0.2) is 168 Å². The smallest absolute Gasteiger partial charge is 0.164 e. The first-order valence-electron chi connectivity index (χ1n) is 16.6. The van der Waals surface area contributed by atoms with Crippen LogP contribution in [0.5, 0.6) is 0 Å². The van der Waals surface area contributed by atoms with Gasteiger partial charge in [-0.05, 0) is 58.7 Å². The van der Waals surface area contributed by atoms with Gasteiger partial charge in [0.15, 0.2) is 17.5 Å². The largest absolute Gasteiger partial charge is 0.456 e. The van der Waals surface area contributed by atoms with Crippen molar-refractivity contribution in [3.05, 3.63) is 164 Å². The molecule has 0 saturated heterocycles. The third-order valence-electron chi connectivity index (χ3n) is 9.36. The summed E-state index contributed by atoms with van der Waals surface area (Å²) in [7, 11) is 0. The SMILES string of the molecule is c1ccc(-c2ccc(-c3nc(-c4ccc5c(c4)oc4ccc(-c6ccccc6)cc45)nc(-c4ccc5c(c4)sc4ccccc45)n3)cc2)cc1. The van der Waals surface area contributed by atoms with Crippen molar-refractivity contribution in [2.24, 2.45) is 0 Å². The maximum Gasteiger partial charge on any atom is 0.164 e. The summed E-state index contributed by atoms with van der Waals surface area (Å²) in [5.41, 5.74) is 9.04. The van der Waals surface area contributed by atoms with Crippen LogP contribution in [0, 0.1) is 0 Å². The Kier molecular flexibility index (Phi) is 6.64. The molecule has 7 aromatic carbocycles. The number of rotatable bonds is 5. The van der Waals surface area contributed by atoms with E-state index in [1.54, 1.807) is 11.3 Å². The summed E-state index contributed by atoms with van der Waals surface area (Å²) in [4.78, 5) is 15.2. The molecule has 3 aromatic heterocycles. The van der Waals surface area contributed by atoms with E-state index in [0.29, 0.717) is 17.5 Å². The fourth-order valence-electron chi connectivity index (χ4n) is 6.80. The Hall–Kier alpha value is -6.43. The van der Waals surface area contributed by atoms with Crippen LogP contribution in [0.25, 0.3) is 98.5 Å². The van der Waals surface area contributed by atoms with E-state index in [2.05, 4.69) is 146 Å². The Labute approximate surface area is 292 Å². The van der Waals surface area contributed by atoms with E-state index in [-0.39, 0.29) is 0 Å². The van der Waals surface area contributed by atoms with Crippen LogP contribution in [0.3, 0.4) is 0 Å². The molecule has 0 aliphatic carbocycles. The molecule has 50 heavy (non-hydrogen) atoms. The molecule has 3 heterocycles. The second-order valence-corrected chi connectivity index (χ2v) is 13.5. The number of hydrogen-bond donors (Lipinski definition) is 0. The van der Waals surface area contributed by atoms with Gasteiger partial charge in [-0.3, -0.25) is 0 Å². The highest BCUT2D eigenvalue weighted by atomic mass is 32.1. The lowest BCUT2D eigenvalue weighted by Crippen LogP contribution is -2.00. The highest BCUT2D eigenvalue weighted by molar-refractivity contribution is 7.25. The third kappa shape index (κ3) is 4.95. The first-order valence-corrected chi connectivity index (χ1v) is 17.4. The van der Waals surface area contributed by atoms with E-state index < -0.39 is 0 Å². The zero-order chi connectivity index (χ0) is 33.0. The predicted molar refractivity (Wildman–Crippen MR) is 207 cm³/mol.